The first kappa shape index (κ1) is 15.2. The molecule has 21 heavy (non-hydrogen) atoms. The SMILES string of the molecule is CCN(CC)c1nncc(NCCc2ccc(F)cc2)n1. The summed E-state index contributed by atoms with van der Waals surface area (Å²) < 4.78 is 12.8. The Labute approximate surface area is 124 Å². The first-order valence-corrected chi connectivity index (χ1v) is 7.16. The number of halogens is 1. The molecule has 0 saturated heterocycles. The average Bonchev–Trinajstić information content (AvgIpc) is 2.51. The number of hydrogen-bond donors (Lipinski definition) is 1. The van der Waals surface area contributed by atoms with Gasteiger partial charge in [-0.3, -0.25) is 0 Å². The lowest BCUT2D eigenvalue weighted by Gasteiger charge is -2.18. The van der Waals surface area contributed by atoms with E-state index in [0.29, 0.717) is 18.3 Å². The Kier molecular flexibility index (Phi) is 5.43. The van der Waals surface area contributed by atoms with E-state index in [1.807, 2.05) is 4.90 Å². The maximum Gasteiger partial charge on any atom is 0.247 e. The molecule has 0 spiro atoms. The van der Waals surface area contributed by atoms with Gasteiger partial charge in [-0.1, -0.05) is 12.1 Å². The third-order valence-electron chi connectivity index (χ3n) is 3.23. The summed E-state index contributed by atoms with van der Waals surface area (Å²) in [5, 5.41) is 11.2. The normalized spacial score (nSPS) is 10.4. The molecule has 2 rings (SSSR count). The Hall–Kier alpha value is -2.24. The number of nitrogens with zero attached hydrogens (tertiary/aromatic N) is 4. The highest BCUT2D eigenvalue weighted by Gasteiger charge is 2.06. The second-order valence-electron chi connectivity index (χ2n) is 4.62. The topological polar surface area (TPSA) is 53.9 Å². The predicted octanol–water partition coefficient (Wildman–Crippen LogP) is 2.51. The van der Waals surface area contributed by atoms with Crippen LogP contribution in [0.15, 0.2) is 30.5 Å². The fraction of sp³-hybridized carbons (Fsp3) is 0.400. The molecule has 1 aromatic carbocycles. The minimum atomic E-state index is -0.212. The van der Waals surface area contributed by atoms with E-state index in [9.17, 15) is 4.39 Å². The van der Waals surface area contributed by atoms with Crippen LogP contribution in [0, 0.1) is 5.82 Å². The molecule has 1 heterocycles. The molecule has 0 amide bonds. The molecule has 0 saturated carbocycles. The quantitative estimate of drug-likeness (QED) is 0.849. The molecule has 0 atom stereocenters. The van der Waals surface area contributed by atoms with Crippen LogP contribution >= 0.6 is 0 Å². The lowest BCUT2D eigenvalue weighted by molar-refractivity contribution is 0.627. The third kappa shape index (κ3) is 4.37. The van der Waals surface area contributed by atoms with E-state index in [0.717, 1.165) is 25.1 Å². The predicted molar refractivity (Wildman–Crippen MR) is 82.0 cm³/mol. The van der Waals surface area contributed by atoms with Crippen molar-refractivity contribution in [1.82, 2.24) is 15.2 Å². The van der Waals surface area contributed by atoms with Gasteiger partial charge in [0.25, 0.3) is 0 Å². The van der Waals surface area contributed by atoms with Crippen LogP contribution in [0.5, 0.6) is 0 Å². The van der Waals surface area contributed by atoms with Crippen molar-refractivity contribution in [3.05, 3.63) is 41.8 Å². The fourth-order valence-corrected chi connectivity index (χ4v) is 2.01. The van der Waals surface area contributed by atoms with Crippen molar-refractivity contribution in [3.63, 3.8) is 0 Å². The number of aromatic nitrogens is 3. The number of rotatable bonds is 7. The Morgan fingerprint density at radius 1 is 1.14 bits per heavy atom. The van der Waals surface area contributed by atoms with Gasteiger partial charge in [0.2, 0.25) is 5.95 Å². The summed E-state index contributed by atoms with van der Waals surface area (Å²) in [4.78, 5) is 6.48. The highest BCUT2D eigenvalue weighted by Crippen LogP contribution is 2.09. The Balaban J connectivity index is 1.91. The molecular formula is C15H20FN5. The highest BCUT2D eigenvalue weighted by atomic mass is 19.1. The summed E-state index contributed by atoms with van der Waals surface area (Å²) in [5.74, 6) is 1.12. The standard InChI is InChI=1S/C15H20FN5/c1-3-21(4-2)15-19-14(11-18-20-15)17-10-9-12-5-7-13(16)8-6-12/h5-8,11H,3-4,9-10H2,1-2H3,(H,17,19,20). The second-order valence-corrected chi connectivity index (χ2v) is 4.62. The van der Waals surface area contributed by atoms with E-state index < -0.39 is 0 Å². The minimum Gasteiger partial charge on any atom is -0.368 e. The van der Waals surface area contributed by atoms with E-state index in [-0.39, 0.29) is 5.82 Å². The van der Waals surface area contributed by atoms with Crippen LogP contribution in [0.3, 0.4) is 0 Å². The monoisotopic (exact) mass is 289 g/mol. The summed E-state index contributed by atoms with van der Waals surface area (Å²) in [6.07, 6.45) is 2.41. The molecule has 0 aliphatic rings. The number of benzene rings is 1. The molecule has 0 bridgehead atoms. The van der Waals surface area contributed by atoms with Crippen molar-refractivity contribution in [2.24, 2.45) is 0 Å². The van der Waals surface area contributed by atoms with Crippen molar-refractivity contribution < 1.29 is 4.39 Å². The van der Waals surface area contributed by atoms with Gasteiger partial charge >= 0.3 is 0 Å². The summed E-state index contributed by atoms with van der Waals surface area (Å²) in [6.45, 7) is 6.51. The lowest BCUT2D eigenvalue weighted by atomic mass is 10.1. The maximum atomic E-state index is 12.8. The minimum absolute atomic E-state index is 0.212. The van der Waals surface area contributed by atoms with Gasteiger partial charge in [0.15, 0.2) is 5.82 Å². The Morgan fingerprint density at radius 2 is 1.86 bits per heavy atom. The van der Waals surface area contributed by atoms with Crippen molar-refractivity contribution >= 4 is 11.8 Å². The van der Waals surface area contributed by atoms with Crippen molar-refractivity contribution in [3.8, 4) is 0 Å². The molecule has 0 aliphatic heterocycles. The van der Waals surface area contributed by atoms with Crippen molar-refractivity contribution in [2.75, 3.05) is 29.9 Å². The maximum absolute atomic E-state index is 12.8. The van der Waals surface area contributed by atoms with Gasteiger partial charge in [0.1, 0.15) is 5.82 Å². The zero-order valence-electron chi connectivity index (χ0n) is 12.4. The number of anilines is 2. The van der Waals surface area contributed by atoms with Crippen LogP contribution < -0.4 is 10.2 Å². The molecule has 0 fully saturated rings. The summed E-state index contributed by atoms with van der Waals surface area (Å²) >= 11 is 0. The molecule has 1 aromatic heterocycles. The molecule has 0 aliphatic carbocycles. The average molecular weight is 289 g/mol. The van der Waals surface area contributed by atoms with Crippen LogP contribution in [0.2, 0.25) is 0 Å². The van der Waals surface area contributed by atoms with Gasteiger partial charge in [-0.25, -0.2) is 4.39 Å². The molecule has 2 aromatic rings. The van der Waals surface area contributed by atoms with Crippen LogP contribution in [-0.4, -0.2) is 34.8 Å². The van der Waals surface area contributed by atoms with Gasteiger partial charge in [-0.05, 0) is 38.0 Å². The second kappa shape index (κ2) is 7.52. The third-order valence-corrected chi connectivity index (χ3v) is 3.23. The summed E-state index contributed by atoms with van der Waals surface area (Å²) in [5.41, 5.74) is 1.08. The number of nitrogens with one attached hydrogen (secondary N) is 1. The summed E-state index contributed by atoms with van der Waals surface area (Å²) in [6, 6.07) is 6.52. The smallest absolute Gasteiger partial charge is 0.247 e. The molecule has 1 N–H and O–H groups in total. The van der Waals surface area contributed by atoms with Crippen LogP contribution in [0.1, 0.15) is 19.4 Å². The highest BCUT2D eigenvalue weighted by molar-refractivity contribution is 5.38. The van der Waals surface area contributed by atoms with E-state index in [1.54, 1.807) is 18.3 Å². The fourth-order valence-electron chi connectivity index (χ4n) is 2.01. The van der Waals surface area contributed by atoms with E-state index in [1.165, 1.54) is 12.1 Å². The van der Waals surface area contributed by atoms with Crippen molar-refractivity contribution in [1.29, 1.82) is 0 Å². The molecule has 0 radical (unpaired) electrons. The largest absolute Gasteiger partial charge is 0.368 e. The van der Waals surface area contributed by atoms with Crippen LogP contribution in [0.25, 0.3) is 0 Å². The van der Waals surface area contributed by atoms with E-state index >= 15 is 0 Å². The molecule has 6 heteroatoms. The Morgan fingerprint density at radius 3 is 2.52 bits per heavy atom. The zero-order chi connectivity index (χ0) is 15.1. The van der Waals surface area contributed by atoms with Crippen LogP contribution in [0.4, 0.5) is 16.2 Å². The molecule has 112 valence electrons. The molecule has 0 unspecified atom stereocenters. The van der Waals surface area contributed by atoms with Gasteiger partial charge in [-0.2, -0.15) is 10.1 Å². The van der Waals surface area contributed by atoms with Crippen LogP contribution in [-0.2, 0) is 6.42 Å². The first-order chi connectivity index (χ1) is 10.2. The summed E-state index contributed by atoms with van der Waals surface area (Å²) in [7, 11) is 0. The van der Waals surface area contributed by atoms with E-state index in [4.69, 9.17) is 0 Å². The van der Waals surface area contributed by atoms with Gasteiger partial charge in [-0.15, -0.1) is 5.10 Å². The van der Waals surface area contributed by atoms with Crippen molar-refractivity contribution in [2.45, 2.75) is 20.3 Å². The van der Waals surface area contributed by atoms with E-state index in [2.05, 4.69) is 34.3 Å². The van der Waals surface area contributed by atoms with Gasteiger partial charge < -0.3 is 10.2 Å². The van der Waals surface area contributed by atoms with Gasteiger partial charge in [0, 0.05) is 19.6 Å². The molecule has 5 nitrogen and oxygen atoms in total. The Bertz CT molecular complexity index is 554. The zero-order valence-corrected chi connectivity index (χ0v) is 12.4. The lowest BCUT2D eigenvalue weighted by Crippen LogP contribution is -2.25. The first-order valence-electron chi connectivity index (χ1n) is 7.16. The molecular weight excluding hydrogens is 269 g/mol. The van der Waals surface area contributed by atoms with Gasteiger partial charge in [0.05, 0.1) is 6.20 Å². The number of hydrogen-bond acceptors (Lipinski definition) is 5.